The molecule has 0 unspecified atom stereocenters. The molecule has 0 radical (unpaired) electrons. The quantitative estimate of drug-likeness (QED) is 0.822. The molecule has 1 aromatic carbocycles. The summed E-state index contributed by atoms with van der Waals surface area (Å²) in [6, 6.07) is 5.09. The lowest BCUT2D eigenvalue weighted by molar-refractivity contribution is 0.185. The Morgan fingerprint density at radius 3 is 2.90 bits per heavy atom. The lowest BCUT2D eigenvalue weighted by Crippen LogP contribution is -2.29. The number of hydrogen-bond donors (Lipinski definition) is 2. The van der Waals surface area contributed by atoms with Crippen molar-refractivity contribution >= 4 is 22.5 Å². The third-order valence-electron chi connectivity index (χ3n) is 3.33. The Morgan fingerprint density at radius 2 is 2.19 bits per heavy atom. The first-order valence-electron chi connectivity index (χ1n) is 7.15. The van der Waals surface area contributed by atoms with Crippen LogP contribution in [0.3, 0.4) is 0 Å². The average Bonchev–Trinajstić information content (AvgIpc) is 2.46. The predicted octanol–water partition coefficient (Wildman–Crippen LogP) is 2.17. The van der Waals surface area contributed by atoms with Crippen LogP contribution in [0.2, 0.25) is 5.02 Å². The molecule has 0 saturated carbocycles. The number of fused-ring (bicyclic) bond motifs is 1. The normalized spacial score (nSPS) is 11.4. The average molecular weight is 310 g/mol. The van der Waals surface area contributed by atoms with Gasteiger partial charge in [0.1, 0.15) is 5.82 Å². The van der Waals surface area contributed by atoms with E-state index in [1.54, 1.807) is 18.2 Å². The zero-order chi connectivity index (χ0) is 15.2. The molecule has 0 atom stereocenters. The smallest absolute Gasteiger partial charge is 0.258 e. The van der Waals surface area contributed by atoms with Gasteiger partial charge in [-0.2, -0.15) is 0 Å². The molecule has 0 saturated heterocycles. The first-order chi connectivity index (χ1) is 10.1. The highest BCUT2D eigenvalue weighted by atomic mass is 35.5. The molecule has 1 aromatic heterocycles. The number of aromatic nitrogens is 2. The summed E-state index contributed by atoms with van der Waals surface area (Å²) in [5.74, 6) is 0.611. The molecule has 0 aliphatic carbocycles. The van der Waals surface area contributed by atoms with Gasteiger partial charge < -0.3 is 10.1 Å². The maximum absolute atomic E-state index is 12.1. The summed E-state index contributed by atoms with van der Waals surface area (Å²) in [4.78, 5) is 21.4. The number of H-pyrrole nitrogens is 1. The van der Waals surface area contributed by atoms with Gasteiger partial charge in [-0.15, -0.1) is 0 Å². The molecule has 2 N–H and O–H groups in total. The minimum Gasteiger partial charge on any atom is -0.395 e. The van der Waals surface area contributed by atoms with Gasteiger partial charge in [-0.1, -0.05) is 24.9 Å². The highest BCUT2D eigenvalue weighted by Crippen LogP contribution is 2.14. The predicted molar refractivity (Wildman–Crippen MR) is 84.6 cm³/mol. The van der Waals surface area contributed by atoms with Crippen LogP contribution in [0.4, 0.5) is 0 Å². The molecule has 0 spiro atoms. The fourth-order valence-electron chi connectivity index (χ4n) is 2.24. The largest absolute Gasteiger partial charge is 0.395 e. The number of unbranched alkanes of at least 4 members (excludes halogenated alkanes) is 1. The van der Waals surface area contributed by atoms with Gasteiger partial charge in [-0.3, -0.25) is 9.69 Å². The summed E-state index contributed by atoms with van der Waals surface area (Å²) in [6.45, 7) is 4.18. The number of aliphatic hydroxyl groups is 1. The number of halogens is 1. The molecular weight excluding hydrogens is 290 g/mol. The van der Waals surface area contributed by atoms with E-state index in [9.17, 15) is 4.79 Å². The number of aliphatic hydroxyl groups excluding tert-OH is 1. The van der Waals surface area contributed by atoms with Crippen LogP contribution in [0.15, 0.2) is 23.0 Å². The van der Waals surface area contributed by atoms with Crippen molar-refractivity contribution < 1.29 is 5.11 Å². The summed E-state index contributed by atoms with van der Waals surface area (Å²) in [7, 11) is 0. The van der Waals surface area contributed by atoms with Crippen molar-refractivity contribution in [1.29, 1.82) is 0 Å². The van der Waals surface area contributed by atoms with Gasteiger partial charge >= 0.3 is 0 Å². The number of nitrogens with one attached hydrogen (secondary N) is 1. The van der Waals surface area contributed by atoms with Crippen LogP contribution in [-0.4, -0.2) is 39.7 Å². The van der Waals surface area contributed by atoms with E-state index >= 15 is 0 Å². The Labute approximate surface area is 128 Å². The second kappa shape index (κ2) is 7.54. The van der Waals surface area contributed by atoms with Gasteiger partial charge in [-0.05, 0) is 31.2 Å². The van der Waals surface area contributed by atoms with Crippen LogP contribution in [0.5, 0.6) is 0 Å². The summed E-state index contributed by atoms with van der Waals surface area (Å²) in [5, 5.41) is 10.1. The molecule has 5 nitrogen and oxygen atoms in total. The zero-order valence-electron chi connectivity index (χ0n) is 12.1. The number of hydrogen-bond acceptors (Lipinski definition) is 4. The van der Waals surface area contributed by atoms with Crippen molar-refractivity contribution in [2.75, 3.05) is 19.7 Å². The maximum Gasteiger partial charge on any atom is 0.258 e. The van der Waals surface area contributed by atoms with Crippen LogP contribution < -0.4 is 5.56 Å². The van der Waals surface area contributed by atoms with E-state index < -0.39 is 0 Å². The highest BCUT2D eigenvalue weighted by molar-refractivity contribution is 6.31. The first kappa shape index (κ1) is 15.9. The van der Waals surface area contributed by atoms with Gasteiger partial charge in [0, 0.05) is 11.6 Å². The van der Waals surface area contributed by atoms with Crippen LogP contribution in [0.25, 0.3) is 10.9 Å². The van der Waals surface area contributed by atoms with Gasteiger partial charge in [0.25, 0.3) is 5.56 Å². The third kappa shape index (κ3) is 4.27. The fraction of sp³-hybridized carbons (Fsp3) is 0.467. The second-order valence-electron chi connectivity index (χ2n) is 5.03. The first-order valence-corrected chi connectivity index (χ1v) is 7.53. The number of benzene rings is 1. The summed E-state index contributed by atoms with van der Waals surface area (Å²) >= 11 is 5.90. The molecule has 2 rings (SSSR count). The number of nitrogens with zero attached hydrogens (tertiary/aromatic N) is 2. The number of aromatic amines is 1. The van der Waals surface area contributed by atoms with Gasteiger partial charge in [-0.25, -0.2) is 4.98 Å². The van der Waals surface area contributed by atoms with Crippen molar-refractivity contribution in [3.05, 3.63) is 39.4 Å². The van der Waals surface area contributed by atoms with E-state index in [2.05, 4.69) is 21.8 Å². The Balaban J connectivity index is 2.25. The van der Waals surface area contributed by atoms with Crippen molar-refractivity contribution in [1.82, 2.24) is 14.9 Å². The summed E-state index contributed by atoms with van der Waals surface area (Å²) < 4.78 is 0. The van der Waals surface area contributed by atoms with E-state index in [1.165, 1.54) is 0 Å². The highest BCUT2D eigenvalue weighted by Gasteiger charge is 2.09. The maximum atomic E-state index is 12.1. The van der Waals surface area contributed by atoms with Gasteiger partial charge in [0.15, 0.2) is 0 Å². The van der Waals surface area contributed by atoms with Crippen molar-refractivity contribution in [2.45, 2.75) is 26.3 Å². The van der Waals surface area contributed by atoms with E-state index in [1.807, 2.05) is 0 Å². The van der Waals surface area contributed by atoms with E-state index in [0.29, 0.717) is 34.8 Å². The molecule has 2 aromatic rings. The van der Waals surface area contributed by atoms with Crippen molar-refractivity contribution in [3.63, 3.8) is 0 Å². The Bertz CT molecular complexity index is 657. The number of rotatable bonds is 7. The molecule has 6 heteroatoms. The van der Waals surface area contributed by atoms with Crippen LogP contribution in [-0.2, 0) is 6.54 Å². The SMILES string of the molecule is CCCCN(CCO)Cc1nc2ccc(Cl)cc2c(=O)[nH]1. The van der Waals surface area contributed by atoms with E-state index in [4.69, 9.17) is 16.7 Å². The molecule has 0 amide bonds. The van der Waals surface area contributed by atoms with Gasteiger partial charge in [0.2, 0.25) is 0 Å². The Morgan fingerprint density at radius 1 is 1.38 bits per heavy atom. The molecule has 114 valence electrons. The van der Waals surface area contributed by atoms with Crippen molar-refractivity contribution in [2.24, 2.45) is 0 Å². The Kier molecular flexibility index (Phi) is 5.73. The third-order valence-corrected chi connectivity index (χ3v) is 3.57. The van der Waals surface area contributed by atoms with E-state index in [0.717, 1.165) is 19.4 Å². The fourth-order valence-corrected chi connectivity index (χ4v) is 2.41. The van der Waals surface area contributed by atoms with Crippen LogP contribution >= 0.6 is 11.6 Å². The van der Waals surface area contributed by atoms with Crippen molar-refractivity contribution in [3.8, 4) is 0 Å². The van der Waals surface area contributed by atoms with E-state index in [-0.39, 0.29) is 12.2 Å². The molecule has 21 heavy (non-hydrogen) atoms. The molecule has 0 aliphatic rings. The molecule has 0 aliphatic heterocycles. The minimum atomic E-state index is -0.183. The molecule has 0 fully saturated rings. The summed E-state index contributed by atoms with van der Waals surface area (Å²) in [5.41, 5.74) is 0.453. The topological polar surface area (TPSA) is 69.2 Å². The van der Waals surface area contributed by atoms with Gasteiger partial charge in [0.05, 0.1) is 24.1 Å². The Hall–Kier alpha value is -1.43. The molecule has 0 bridgehead atoms. The minimum absolute atomic E-state index is 0.0944. The lowest BCUT2D eigenvalue weighted by Gasteiger charge is -2.20. The van der Waals surface area contributed by atoms with Crippen LogP contribution in [0, 0.1) is 0 Å². The standard InChI is InChI=1S/C15H20ClN3O2/c1-2-3-6-19(7-8-20)10-14-17-13-5-4-11(16)9-12(13)15(21)18-14/h4-5,9,20H,2-3,6-8,10H2,1H3,(H,17,18,21). The summed E-state index contributed by atoms with van der Waals surface area (Å²) in [6.07, 6.45) is 2.13. The lowest BCUT2D eigenvalue weighted by atomic mass is 10.2. The van der Waals surface area contributed by atoms with Crippen LogP contribution in [0.1, 0.15) is 25.6 Å². The molecular formula is C15H20ClN3O2. The monoisotopic (exact) mass is 309 g/mol. The zero-order valence-corrected chi connectivity index (χ0v) is 12.9. The molecule has 1 heterocycles. The second-order valence-corrected chi connectivity index (χ2v) is 5.46.